The largest absolute Gasteiger partial charge is 0.451 e. The second-order valence-electron chi connectivity index (χ2n) is 4.21. The number of nitrogens with two attached hydrogens (primary N) is 1. The van der Waals surface area contributed by atoms with Crippen molar-refractivity contribution in [1.29, 1.82) is 0 Å². The third kappa shape index (κ3) is 2.91. The molecule has 1 amide bonds. The fraction of sp³-hybridized carbons (Fsp3) is 0. The number of nitrogen functional groups attached to an aromatic ring is 1. The number of nitrogens with one attached hydrogen (secondary N) is 1. The first-order chi connectivity index (χ1) is 10.0. The summed E-state index contributed by atoms with van der Waals surface area (Å²) in [5.74, 6) is -0.165. The van der Waals surface area contributed by atoms with E-state index < -0.39 is 5.91 Å². The summed E-state index contributed by atoms with van der Waals surface area (Å²) in [7, 11) is 0. The molecule has 0 unspecified atom stereocenters. The molecule has 8 heteroatoms. The van der Waals surface area contributed by atoms with Gasteiger partial charge in [-0.1, -0.05) is 11.6 Å². The predicted molar refractivity (Wildman–Crippen MR) is 80.6 cm³/mol. The molecule has 3 N–H and O–H groups in total. The Kier molecular flexibility index (Phi) is 3.40. The van der Waals surface area contributed by atoms with Gasteiger partial charge in [-0.25, -0.2) is 9.97 Å². The van der Waals surface area contributed by atoms with Gasteiger partial charge in [0.2, 0.25) is 5.28 Å². The molecule has 21 heavy (non-hydrogen) atoms. The standard InChI is InChI=1S/C13H8Cl2N4O2/c14-10-5-11(19-13(15)17-10)18-12(20)9-4-6-3-7(16)1-2-8(6)21-9/h1-5H,16H2,(H,17,18,19,20). The maximum absolute atomic E-state index is 12.1. The highest BCUT2D eigenvalue weighted by Crippen LogP contribution is 2.23. The Morgan fingerprint density at radius 2 is 2.00 bits per heavy atom. The number of benzene rings is 1. The van der Waals surface area contributed by atoms with Gasteiger partial charge in [0.15, 0.2) is 5.76 Å². The van der Waals surface area contributed by atoms with E-state index >= 15 is 0 Å². The van der Waals surface area contributed by atoms with Crippen molar-refractivity contribution in [2.45, 2.75) is 0 Å². The van der Waals surface area contributed by atoms with Gasteiger partial charge in [-0.05, 0) is 35.9 Å². The summed E-state index contributed by atoms with van der Waals surface area (Å²) in [5.41, 5.74) is 6.83. The zero-order valence-electron chi connectivity index (χ0n) is 10.4. The van der Waals surface area contributed by atoms with E-state index in [1.165, 1.54) is 6.07 Å². The fourth-order valence-electron chi connectivity index (χ4n) is 1.81. The summed E-state index contributed by atoms with van der Waals surface area (Å²) in [4.78, 5) is 19.6. The van der Waals surface area contributed by atoms with E-state index in [0.29, 0.717) is 11.3 Å². The minimum atomic E-state index is -0.476. The van der Waals surface area contributed by atoms with Crippen LogP contribution in [-0.2, 0) is 0 Å². The smallest absolute Gasteiger partial charge is 0.292 e. The molecular formula is C13H8Cl2N4O2. The van der Waals surface area contributed by atoms with E-state index in [-0.39, 0.29) is 22.0 Å². The summed E-state index contributed by atoms with van der Waals surface area (Å²) in [6.07, 6.45) is 0. The van der Waals surface area contributed by atoms with Crippen molar-refractivity contribution in [3.05, 3.63) is 46.5 Å². The van der Waals surface area contributed by atoms with Crippen molar-refractivity contribution in [1.82, 2.24) is 9.97 Å². The normalized spacial score (nSPS) is 10.8. The second kappa shape index (κ2) is 5.23. The van der Waals surface area contributed by atoms with Crippen molar-refractivity contribution in [3.8, 4) is 0 Å². The topological polar surface area (TPSA) is 94.0 Å². The molecule has 106 valence electrons. The fourth-order valence-corrected chi connectivity index (χ4v) is 2.21. The van der Waals surface area contributed by atoms with Gasteiger partial charge < -0.3 is 15.5 Å². The zero-order valence-corrected chi connectivity index (χ0v) is 11.9. The van der Waals surface area contributed by atoms with E-state index in [1.807, 2.05) is 0 Å². The van der Waals surface area contributed by atoms with Gasteiger partial charge in [0.1, 0.15) is 16.6 Å². The molecule has 2 heterocycles. The number of amides is 1. The van der Waals surface area contributed by atoms with Crippen LogP contribution in [0.1, 0.15) is 10.6 Å². The number of hydrogen-bond donors (Lipinski definition) is 2. The molecule has 0 aliphatic rings. The molecule has 0 saturated carbocycles. The number of fused-ring (bicyclic) bond motifs is 1. The van der Waals surface area contributed by atoms with Crippen LogP contribution < -0.4 is 11.1 Å². The minimum absolute atomic E-state index is 0.0600. The molecule has 2 aromatic heterocycles. The van der Waals surface area contributed by atoms with Crippen LogP contribution in [-0.4, -0.2) is 15.9 Å². The number of anilines is 2. The lowest BCUT2D eigenvalue weighted by atomic mass is 10.2. The molecule has 0 spiro atoms. The second-order valence-corrected chi connectivity index (χ2v) is 4.93. The van der Waals surface area contributed by atoms with Crippen molar-refractivity contribution in [2.75, 3.05) is 11.1 Å². The Bertz CT molecular complexity index is 827. The van der Waals surface area contributed by atoms with Crippen molar-refractivity contribution < 1.29 is 9.21 Å². The predicted octanol–water partition coefficient (Wildman–Crippen LogP) is 3.36. The first-order valence-electron chi connectivity index (χ1n) is 5.82. The molecule has 3 rings (SSSR count). The lowest BCUT2D eigenvalue weighted by Crippen LogP contribution is -2.12. The number of carbonyl (C=O) groups is 1. The van der Waals surface area contributed by atoms with Crippen LogP contribution in [0.15, 0.2) is 34.7 Å². The van der Waals surface area contributed by atoms with Crippen molar-refractivity contribution in [3.63, 3.8) is 0 Å². The average molecular weight is 323 g/mol. The number of hydrogen-bond acceptors (Lipinski definition) is 5. The van der Waals surface area contributed by atoms with E-state index in [9.17, 15) is 4.79 Å². The van der Waals surface area contributed by atoms with Gasteiger partial charge in [0.05, 0.1) is 0 Å². The lowest BCUT2D eigenvalue weighted by molar-refractivity contribution is 0.0998. The summed E-state index contributed by atoms with van der Waals surface area (Å²) in [6.45, 7) is 0. The van der Waals surface area contributed by atoms with Gasteiger partial charge in [0, 0.05) is 17.1 Å². The Hall–Kier alpha value is -2.31. The Balaban J connectivity index is 1.89. The first-order valence-corrected chi connectivity index (χ1v) is 6.57. The summed E-state index contributed by atoms with van der Waals surface area (Å²) in [6, 6.07) is 8.07. The van der Waals surface area contributed by atoms with Gasteiger partial charge in [0.25, 0.3) is 5.91 Å². The van der Waals surface area contributed by atoms with Crippen LogP contribution in [0, 0.1) is 0 Å². The van der Waals surface area contributed by atoms with Gasteiger partial charge in [-0.2, -0.15) is 0 Å². The third-order valence-electron chi connectivity index (χ3n) is 2.67. The number of rotatable bonds is 2. The molecule has 0 radical (unpaired) electrons. The molecule has 0 fully saturated rings. The Morgan fingerprint density at radius 3 is 2.76 bits per heavy atom. The number of furan rings is 1. The Labute approximate surface area is 128 Å². The highest BCUT2D eigenvalue weighted by molar-refractivity contribution is 6.32. The van der Waals surface area contributed by atoms with Gasteiger partial charge in [-0.3, -0.25) is 4.79 Å². The molecular weight excluding hydrogens is 315 g/mol. The lowest BCUT2D eigenvalue weighted by Gasteiger charge is -2.02. The first kappa shape index (κ1) is 13.7. The van der Waals surface area contributed by atoms with Crippen LogP contribution in [0.3, 0.4) is 0 Å². The highest BCUT2D eigenvalue weighted by atomic mass is 35.5. The zero-order chi connectivity index (χ0) is 15.0. The Morgan fingerprint density at radius 1 is 1.19 bits per heavy atom. The van der Waals surface area contributed by atoms with Crippen LogP contribution >= 0.6 is 23.2 Å². The van der Waals surface area contributed by atoms with Crippen molar-refractivity contribution >= 4 is 51.6 Å². The van der Waals surface area contributed by atoms with Gasteiger partial charge in [-0.15, -0.1) is 0 Å². The average Bonchev–Trinajstić information content (AvgIpc) is 2.80. The SMILES string of the molecule is Nc1ccc2oc(C(=O)Nc3cc(Cl)nc(Cl)n3)cc2c1. The monoisotopic (exact) mass is 322 g/mol. The van der Waals surface area contributed by atoms with Crippen LogP contribution in [0.2, 0.25) is 10.4 Å². The van der Waals surface area contributed by atoms with E-state index in [0.717, 1.165) is 5.39 Å². The molecule has 0 aliphatic carbocycles. The summed E-state index contributed by atoms with van der Waals surface area (Å²) < 4.78 is 5.44. The molecule has 3 aromatic rings. The maximum Gasteiger partial charge on any atom is 0.292 e. The molecule has 0 aliphatic heterocycles. The van der Waals surface area contributed by atoms with E-state index in [4.69, 9.17) is 33.4 Å². The molecule has 6 nitrogen and oxygen atoms in total. The van der Waals surface area contributed by atoms with Crippen LogP contribution in [0.5, 0.6) is 0 Å². The van der Waals surface area contributed by atoms with Gasteiger partial charge >= 0.3 is 0 Å². The van der Waals surface area contributed by atoms with Crippen LogP contribution in [0.25, 0.3) is 11.0 Å². The third-order valence-corrected chi connectivity index (χ3v) is 3.04. The quantitative estimate of drug-likeness (QED) is 0.428. The maximum atomic E-state index is 12.1. The van der Waals surface area contributed by atoms with E-state index in [1.54, 1.807) is 24.3 Å². The number of nitrogens with zero attached hydrogens (tertiary/aromatic N) is 2. The van der Waals surface area contributed by atoms with Crippen LogP contribution in [0.4, 0.5) is 11.5 Å². The molecule has 0 atom stereocenters. The number of aromatic nitrogens is 2. The van der Waals surface area contributed by atoms with E-state index in [2.05, 4.69) is 15.3 Å². The number of carbonyl (C=O) groups excluding carboxylic acids is 1. The molecule has 0 saturated heterocycles. The molecule has 1 aromatic carbocycles. The summed E-state index contributed by atoms with van der Waals surface area (Å²) in [5, 5.41) is 3.33. The van der Waals surface area contributed by atoms with Crippen molar-refractivity contribution in [2.24, 2.45) is 0 Å². The molecule has 0 bridgehead atoms. The number of halogens is 2. The highest BCUT2D eigenvalue weighted by Gasteiger charge is 2.14. The minimum Gasteiger partial charge on any atom is -0.451 e. The summed E-state index contributed by atoms with van der Waals surface area (Å²) >= 11 is 11.4.